The highest BCUT2D eigenvalue weighted by atomic mass is 32.1. The van der Waals surface area contributed by atoms with Crippen molar-refractivity contribution in [1.29, 1.82) is 0 Å². The fourth-order valence-electron chi connectivity index (χ4n) is 2.10. The van der Waals surface area contributed by atoms with Gasteiger partial charge in [-0.2, -0.15) is 0 Å². The molecule has 0 radical (unpaired) electrons. The van der Waals surface area contributed by atoms with Crippen molar-refractivity contribution in [3.8, 4) is 0 Å². The van der Waals surface area contributed by atoms with Gasteiger partial charge in [-0.15, -0.1) is 11.3 Å². The summed E-state index contributed by atoms with van der Waals surface area (Å²) < 4.78 is 0. The summed E-state index contributed by atoms with van der Waals surface area (Å²) in [6.45, 7) is 2.28. The summed E-state index contributed by atoms with van der Waals surface area (Å²) in [5, 5.41) is 2.29. The normalized spacial score (nSPS) is 15.3. The first-order valence-electron chi connectivity index (χ1n) is 6.41. The maximum Gasteiger partial charge on any atom is 0.319 e. The third kappa shape index (κ3) is 3.38. The van der Waals surface area contributed by atoms with Crippen LogP contribution in [0.5, 0.6) is 0 Å². The fraction of sp³-hybridized carbons (Fsp3) is 0.583. The van der Waals surface area contributed by atoms with Crippen LogP contribution in [0.25, 0.3) is 0 Å². The topological polar surface area (TPSA) is 82.8 Å². The molecule has 0 aromatic carbocycles. The molecule has 0 spiro atoms. The van der Waals surface area contributed by atoms with E-state index in [2.05, 4.69) is 4.98 Å². The number of urea groups is 1. The Kier molecular flexibility index (Phi) is 4.43. The van der Waals surface area contributed by atoms with Gasteiger partial charge in [0.05, 0.1) is 12.1 Å². The molecule has 1 aromatic rings. The molecule has 0 unspecified atom stereocenters. The Bertz CT molecular complexity index is 494. The number of hydrogen-bond donors (Lipinski definition) is 1. The molecule has 2 rings (SSSR count). The van der Waals surface area contributed by atoms with Crippen LogP contribution in [-0.4, -0.2) is 71.9 Å². The van der Waals surface area contributed by atoms with Gasteiger partial charge in [-0.25, -0.2) is 9.78 Å². The predicted molar refractivity (Wildman–Crippen MR) is 77.5 cm³/mol. The van der Waals surface area contributed by atoms with E-state index in [4.69, 9.17) is 5.73 Å². The molecule has 0 saturated carbocycles. The van der Waals surface area contributed by atoms with Gasteiger partial charge in [0.1, 0.15) is 0 Å². The first-order chi connectivity index (χ1) is 9.47. The van der Waals surface area contributed by atoms with Crippen LogP contribution in [0.2, 0.25) is 0 Å². The maximum absolute atomic E-state index is 12.1. The van der Waals surface area contributed by atoms with Gasteiger partial charge in [-0.1, -0.05) is 0 Å². The molecule has 0 bridgehead atoms. The Morgan fingerprint density at radius 3 is 2.40 bits per heavy atom. The molecule has 1 fully saturated rings. The predicted octanol–water partition coefficient (Wildman–Crippen LogP) is 0.0936. The lowest BCUT2D eigenvalue weighted by Gasteiger charge is -2.35. The van der Waals surface area contributed by atoms with Crippen LogP contribution < -0.4 is 5.73 Å². The van der Waals surface area contributed by atoms with Crippen molar-refractivity contribution in [1.82, 2.24) is 19.7 Å². The quantitative estimate of drug-likeness (QED) is 0.839. The Balaban J connectivity index is 1.84. The minimum absolute atomic E-state index is 0.00984. The van der Waals surface area contributed by atoms with Crippen molar-refractivity contribution >= 4 is 28.4 Å². The fourth-order valence-corrected chi connectivity index (χ4v) is 2.66. The van der Waals surface area contributed by atoms with E-state index in [1.165, 1.54) is 11.3 Å². The van der Waals surface area contributed by atoms with Crippen LogP contribution >= 0.6 is 11.3 Å². The molecule has 2 N–H and O–H groups in total. The first-order valence-corrected chi connectivity index (χ1v) is 7.29. The minimum atomic E-state index is -0.00984. The summed E-state index contributed by atoms with van der Waals surface area (Å²) in [4.78, 5) is 33.1. The van der Waals surface area contributed by atoms with E-state index in [1.807, 2.05) is 0 Å². The van der Waals surface area contributed by atoms with Crippen LogP contribution in [0.3, 0.4) is 0 Å². The van der Waals surface area contributed by atoms with Crippen molar-refractivity contribution in [3.05, 3.63) is 11.1 Å². The molecule has 8 heteroatoms. The van der Waals surface area contributed by atoms with Crippen LogP contribution in [0.15, 0.2) is 5.38 Å². The Hall–Kier alpha value is -1.83. The van der Waals surface area contributed by atoms with Crippen LogP contribution in [0, 0.1) is 0 Å². The molecule has 110 valence electrons. The number of piperazine rings is 1. The van der Waals surface area contributed by atoms with Gasteiger partial charge >= 0.3 is 6.03 Å². The van der Waals surface area contributed by atoms with E-state index in [1.54, 1.807) is 34.2 Å². The Morgan fingerprint density at radius 2 is 1.90 bits per heavy atom. The van der Waals surface area contributed by atoms with Crippen molar-refractivity contribution in [3.63, 3.8) is 0 Å². The largest absolute Gasteiger partial charge is 0.375 e. The van der Waals surface area contributed by atoms with Gasteiger partial charge in [-0.3, -0.25) is 4.79 Å². The molecule has 0 atom stereocenters. The number of nitrogens with zero attached hydrogens (tertiary/aromatic N) is 4. The molecule has 3 amide bonds. The monoisotopic (exact) mass is 297 g/mol. The molecular weight excluding hydrogens is 278 g/mol. The molecule has 1 saturated heterocycles. The summed E-state index contributed by atoms with van der Waals surface area (Å²) in [7, 11) is 3.46. The van der Waals surface area contributed by atoms with Crippen molar-refractivity contribution in [2.75, 3.05) is 46.0 Å². The number of carbonyl (C=O) groups is 2. The third-order valence-corrected chi connectivity index (χ3v) is 3.91. The summed E-state index contributed by atoms with van der Waals surface area (Å²) in [6, 6.07) is -0.00984. The number of amides is 3. The zero-order valence-electron chi connectivity index (χ0n) is 11.7. The highest BCUT2D eigenvalue weighted by Gasteiger charge is 2.25. The molecule has 20 heavy (non-hydrogen) atoms. The third-order valence-electron chi connectivity index (χ3n) is 3.19. The van der Waals surface area contributed by atoms with E-state index < -0.39 is 0 Å². The Labute approximate surface area is 122 Å². The summed E-state index contributed by atoms with van der Waals surface area (Å²) in [6.07, 6.45) is 0.273. The lowest BCUT2D eigenvalue weighted by Crippen LogP contribution is -2.53. The molecular formula is C12H19N5O2S. The number of nitrogens with two attached hydrogens (primary N) is 1. The molecule has 7 nitrogen and oxygen atoms in total. The number of hydrogen-bond acceptors (Lipinski definition) is 5. The standard InChI is InChI=1S/C12H19N5O2S/c1-15(2)12(19)17-5-3-16(4-6-17)10(18)7-9-8-20-11(13)14-9/h8H,3-7H2,1-2H3,(H2,13,14). The zero-order valence-corrected chi connectivity index (χ0v) is 12.5. The van der Waals surface area contributed by atoms with Crippen molar-refractivity contribution in [2.45, 2.75) is 6.42 Å². The van der Waals surface area contributed by atoms with Gasteiger partial charge in [0.25, 0.3) is 0 Å². The number of nitrogen functional groups attached to an aromatic ring is 1. The summed E-state index contributed by atoms with van der Waals surface area (Å²) in [5.41, 5.74) is 6.26. The molecule has 0 aliphatic carbocycles. The van der Waals surface area contributed by atoms with Gasteiger partial charge in [0.2, 0.25) is 5.91 Å². The summed E-state index contributed by atoms with van der Waals surface area (Å²) in [5.74, 6) is 0.0345. The van der Waals surface area contributed by atoms with Crippen molar-refractivity contribution in [2.24, 2.45) is 0 Å². The van der Waals surface area contributed by atoms with E-state index in [0.29, 0.717) is 37.0 Å². The molecule has 2 heterocycles. The highest BCUT2D eigenvalue weighted by Crippen LogP contribution is 2.13. The highest BCUT2D eigenvalue weighted by molar-refractivity contribution is 7.13. The van der Waals surface area contributed by atoms with Crippen LogP contribution in [0.4, 0.5) is 9.93 Å². The second-order valence-electron chi connectivity index (χ2n) is 4.90. The van der Waals surface area contributed by atoms with E-state index in [9.17, 15) is 9.59 Å². The molecule has 1 aliphatic heterocycles. The van der Waals surface area contributed by atoms with Crippen molar-refractivity contribution < 1.29 is 9.59 Å². The first kappa shape index (κ1) is 14.6. The molecule has 1 aliphatic rings. The lowest BCUT2D eigenvalue weighted by atomic mass is 10.2. The van der Waals surface area contributed by atoms with E-state index >= 15 is 0 Å². The number of anilines is 1. The second kappa shape index (κ2) is 6.08. The average molecular weight is 297 g/mol. The molecule has 1 aromatic heterocycles. The summed E-state index contributed by atoms with van der Waals surface area (Å²) >= 11 is 1.34. The Morgan fingerprint density at radius 1 is 1.30 bits per heavy atom. The zero-order chi connectivity index (χ0) is 14.7. The average Bonchev–Trinajstić information content (AvgIpc) is 2.83. The van der Waals surface area contributed by atoms with Gasteiger partial charge in [-0.05, 0) is 0 Å². The number of carbonyl (C=O) groups excluding carboxylic acids is 2. The number of rotatable bonds is 2. The van der Waals surface area contributed by atoms with E-state index in [-0.39, 0.29) is 18.4 Å². The lowest BCUT2D eigenvalue weighted by molar-refractivity contribution is -0.131. The number of aromatic nitrogens is 1. The van der Waals surface area contributed by atoms with E-state index in [0.717, 1.165) is 0 Å². The van der Waals surface area contributed by atoms with Crippen LogP contribution in [-0.2, 0) is 11.2 Å². The minimum Gasteiger partial charge on any atom is -0.375 e. The second-order valence-corrected chi connectivity index (χ2v) is 5.79. The van der Waals surface area contributed by atoms with Gasteiger partial charge in [0, 0.05) is 45.7 Å². The van der Waals surface area contributed by atoms with Gasteiger partial charge in [0.15, 0.2) is 5.13 Å². The smallest absolute Gasteiger partial charge is 0.319 e. The number of thiazole rings is 1. The van der Waals surface area contributed by atoms with Crippen LogP contribution in [0.1, 0.15) is 5.69 Å². The van der Waals surface area contributed by atoms with Gasteiger partial charge < -0.3 is 20.4 Å². The SMILES string of the molecule is CN(C)C(=O)N1CCN(C(=O)Cc2csc(N)n2)CC1. The maximum atomic E-state index is 12.1.